The van der Waals surface area contributed by atoms with Crippen molar-refractivity contribution in [3.8, 4) is 23.0 Å². The van der Waals surface area contributed by atoms with E-state index in [9.17, 15) is 10.1 Å². The van der Waals surface area contributed by atoms with E-state index in [4.69, 9.17) is 0 Å². The summed E-state index contributed by atoms with van der Waals surface area (Å²) in [6.07, 6.45) is 7.03. The number of nitrogens with zero attached hydrogens (tertiary/aromatic N) is 4. The van der Waals surface area contributed by atoms with Gasteiger partial charge in [0.25, 0.3) is 5.56 Å². The van der Waals surface area contributed by atoms with Crippen LogP contribution in [-0.2, 0) is 0 Å². The highest BCUT2D eigenvalue weighted by Crippen LogP contribution is 2.28. The first kappa shape index (κ1) is 15.5. The molecule has 114 valence electrons. The number of halogens is 1. The van der Waals surface area contributed by atoms with Gasteiger partial charge in [-0.3, -0.25) is 4.79 Å². The Kier molecular flexibility index (Phi) is 4.32. The Morgan fingerprint density at radius 2 is 2.26 bits per heavy atom. The third kappa shape index (κ3) is 2.93. The second-order valence-corrected chi connectivity index (χ2v) is 6.20. The number of rotatable bonds is 3. The minimum absolute atomic E-state index is 0.00470. The molecule has 1 aromatic carbocycles. The van der Waals surface area contributed by atoms with Gasteiger partial charge in [-0.1, -0.05) is 17.8 Å². The molecule has 0 saturated heterocycles. The van der Waals surface area contributed by atoms with Gasteiger partial charge in [-0.2, -0.15) is 5.26 Å². The van der Waals surface area contributed by atoms with E-state index in [1.165, 1.54) is 11.8 Å². The molecular weight excluding hydrogens is 378 g/mol. The summed E-state index contributed by atoms with van der Waals surface area (Å²) in [6.45, 7) is 0. The van der Waals surface area contributed by atoms with Crippen molar-refractivity contribution in [3.63, 3.8) is 0 Å². The molecule has 0 aliphatic heterocycles. The SMILES string of the molecule is CSc1nc(-c2ccc(-n3ccnc3)c(Br)c2)c(C#N)c(=O)[nH]1. The number of hydrogen-bond donors (Lipinski definition) is 1. The summed E-state index contributed by atoms with van der Waals surface area (Å²) in [5.74, 6) is 0. The fraction of sp³-hybridized carbons (Fsp3) is 0.0667. The van der Waals surface area contributed by atoms with Crippen molar-refractivity contribution >= 4 is 27.7 Å². The summed E-state index contributed by atoms with van der Waals surface area (Å²) >= 11 is 4.83. The monoisotopic (exact) mass is 387 g/mol. The van der Waals surface area contributed by atoms with Crippen LogP contribution in [0, 0.1) is 11.3 Å². The number of nitrogens with one attached hydrogen (secondary N) is 1. The second kappa shape index (κ2) is 6.40. The molecule has 6 nitrogen and oxygen atoms in total. The van der Waals surface area contributed by atoms with Crippen molar-refractivity contribution in [1.82, 2.24) is 19.5 Å². The van der Waals surface area contributed by atoms with E-state index in [1.54, 1.807) is 12.5 Å². The third-order valence-corrected chi connectivity index (χ3v) is 4.42. The maximum Gasteiger partial charge on any atom is 0.270 e. The van der Waals surface area contributed by atoms with Gasteiger partial charge in [-0.25, -0.2) is 9.97 Å². The first-order chi connectivity index (χ1) is 11.1. The lowest BCUT2D eigenvalue weighted by molar-refractivity contribution is 0.937. The summed E-state index contributed by atoms with van der Waals surface area (Å²) in [4.78, 5) is 23.0. The molecule has 0 saturated carbocycles. The van der Waals surface area contributed by atoms with E-state index in [-0.39, 0.29) is 5.56 Å². The Morgan fingerprint density at radius 3 is 2.87 bits per heavy atom. The largest absolute Gasteiger partial charge is 0.305 e. The van der Waals surface area contributed by atoms with E-state index in [0.29, 0.717) is 16.4 Å². The zero-order valence-corrected chi connectivity index (χ0v) is 14.3. The molecule has 0 aliphatic carbocycles. The summed E-state index contributed by atoms with van der Waals surface area (Å²) in [5.41, 5.74) is 1.54. The van der Waals surface area contributed by atoms with Gasteiger partial charge < -0.3 is 9.55 Å². The average Bonchev–Trinajstić information content (AvgIpc) is 3.08. The molecule has 0 amide bonds. The first-order valence-corrected chi connectivity index (χ1v) is 8.52. The summed E-state index contributed by atoms with van der Waals surface area (Å²) in [5, 5.41) is 9.73. The van der Waals surface area contributed by atoms with Gasteiger partial charge in [0, 0.05) is 22.4 Å². The van der Waals surface area contributed by atoms with Crippen LogP contribution in [0.15, 0.2) is 51.3 Å². The lowest BCUT2D eigenvalue weighted by Gasteiger charge is -2.09. The predicted molar refractivity (Wildman–Crippen MR) is 91.6 cm³/mol. The van der Waals surface area contributed by atoms with Crippen molar-refractivity contribution in [2.24, 2.45) is 0 Å². The minimum atomic E-state index is -0.434. The van der Waals surface area contributed by atoms with Gasteiger partial charge >= 0.3 is 0 Å². The van der Waals surface area contributed by atoms with Crippen LogP contribution in [0.2, 0.25) is 0 Å². The molecule has 0 fully saturated rings. The number of aromatic nitrogens is 4. The molecule has 2 aromatic heterocycles. The Labute approximate surface area is 144 Å². The molecule has 0 aliphatic rings. The Bertz CT molecular complexity index is 959. The maximum atomic E-state index is 12.0. The Balaban J connectivity index is 2.17. The molecule has 0 unspecified atom stereocenters. The Morgan fingerprint density at radius 1 is 1.43 bits per heavy atom. The zero-order valence-electron chi connectivity index (χ0n) is 11.9. The molecule has 3 rings (SSSR count). The topological polar surface area (TPSA) is 87.4 Å². The van der Waals surface area contributed by atoms with Crippen LogP contribution in [0.25, 0.3) is 16.9 Å². The van der Waals surface area contributed by atoms with E-state index >= 15 is 0 Å². The van der Waals surface area contributed by atoms with Crippen molar-refractivity contribution < 1.29 is 0 Å². The van der Waals surface area contributed by atoms with Crippen molar-refractivity contribution in [2.75, 3.05) is 6.26 Å². The molecule has 23 heavy (non-hydrogen) atoms. The Hall–Kier alpha value is -2.37. The molecule has 0 spiro atoms. The van der Waals surface area contributed by atoms with Gasteiger partial charge in [0.2, 0.25) is 0 Å². The van der Waals surface area contributed by atoms with E-state index < -0.39 is 5.56 Å². The fourth-order valence-corrected chi connectivity index (χ4v) is 3.09. The highest BCUT2D eigenvalue weighted by Gasteiger charge is 2.14. The summed E-state index contributed by atoms with van der Waals surface area (Å²) < 4.78 is 2.67. The molecule has 1 N–H and O–H groups in total. The molecular formula is C15H10BrN5OS. The number of benzene rings is 1. The van der Waals surface area contributed by atoms with Crippen LogP contribution < -0.4 is 5.56 Å². The normalized spacial score (nSPS) is 10.5. The van der Waals surface area contributed by atoms with E-state index in [2.05, 4.69) is 30.9 Å². The van der Waals surface area contributed by atoms with Gasteiger partial charge in [0.1, 0.15) is 11.6 Å². The van der Waals surface area contributed by atoms with Crippen LogP contribution in [0.4, 0.5) is 0 Å². The zero-order chi connectivity index (χ0) is 16.4. The highest BCUT2D eigenvalue weighted by molar-refractivity contribution is 9.10. The van der Waals surface area contributed by atoms with Gasteiger partial charge in [0.05, 0.1) is 17.7 Å². The smallest absolute Gasteiger partial charge is 0.270 e. The maximum absolute atomic E-state index is 12.0. The van der Waals surface area contributed by atoms with Gasteiger partial charge in [-0.15, -0.1) is 0 Å². The molecule has 8 heteroatoms. The lowest BCUT2D eigenvalue weighted by Crippen LogP contribution is -2.14. The molecule has 0 radical (unpaired) electrons. The molecule has 0 bridgehead atoms. The molecule has 2 heterocycles. The van der Waals surface area contributed by atoms with E-state index in [1.807, 2.05) is 41.3 Å². The highest BCUT2D eigenvalue weighted by atomic mass is 79.9. The van der Waals surface area contributed by atoms with Gasteiger partial charge in [-0.05, 0) is 34.3 Å². The third-order valence-electron chi connectivity index (χ3n) is 3.21. The standard InChI is InChI=1S/C15H10BrN5OS/c1-23-15-19-13(10(7-17)14(22)20-15)9-2-3-12(11(16)6-9)21-5-4-18-8-21/h2-6,8H,1H3,(H,19,20,22). The average molecular weight is 388 g/mol. The molecule has 3 aromatic rings. The second-order valence-electron chi connectivity index (χ2n) is 4.55. The number of H-pyrrole nitrogens is 1. The predicted octanol–water partition coefficient (Wildman–Crippen LogP) is 2.98. The number of thioether (sulfide) groups is 1. The fourth-order valence-electron chi connectivity index (χ4n) is 2.13. The number of hydrogen-bond acceptors (Lipinski definition) is 5. The van der Waals surface area contributed by atoms with Crippen LogP contribution in [0.5, 0.6) is 0 Å². The van der Waals surface area contributed by atoms with Crippen molar-refractivity contribution in [3.05, 3.63) is 57.3 Å². The summed E-state index contributed by atoms with van der Waals surface area (Å²) in [6, 6.07) is 7.47. The number of imidazole rings is 1. The minimum Gasteiger partial charge on any atom is -0.305 e. The quantitative estimate of drug-likeness (QED) is 0.551. The number of nitriles is 1. The van der Waals surface area contributed by atoms with Crippen LogP contribution in [0.1, 0.15) is 5.56 Å². The van der Waals surface area contributed by atoms with Crippen molar-refractivity contribution in [1.29, 1.82) is 5.26 Å². The first-order valence-electron chi connectivity index (χ1n) is 6.50. The van der Waals surface area contributed by atoms with Crippen LogP contribution >= 0.6 is 27.7 Å². The van der Waals surface area contributed by atoms with Crippen molar-refractivity contribution in [2.45, 2.75) is 5.16 Å². The van der Waals surface area contributed by atoms with Crippen LogP contribution in [-0.4, -0.2) is 25.8 Å². The van der Waals surface area contributed by atoms with Crippen LogP contribution in [0.3, 0.4) is 0 Å². The summed E-state index contributed by atoms with van der Waals surface area (Å²) in [7, 11) is 0. The molecule has 0 atom stereocenters. The van der Waals surface area contributed by atoms with E-state index in [0.717, 1.165) is 10.2 Å². The van der Waals surface area contributed by atoms with Gasteiger partial charge in [0.15, 0.2) is 5.16 Å². The number of aromatic amines is 1. The lowest BCUT2D eigenvalue weighted by atomic mass is 10.1.